The van der Waals surface area contributed by atoms with Gasteiger partial charge in [0.2, 0.25) is 0 Å². The Kier molecular flexibility index (Phi) is 5.45. The number of nitrogens with one attached hydrogen (secondary N) is 1. The highest BCUT2D eigenvalue weighted by molar-refractivity contribution is 6.30. The zero-order valence-electron chi connectivity index (χ0n) is 10.4. The molecule has 0 aliphatic carbocycles. The van der Waals surface area contributed by atoms with E-state index in [1.807, 2.05) is 24.3 Å². The van der Waals surface area contributed by atoms with Gasteiger partial charge in [0.25, 0.3) is 0 Å². The second-order valence-corrected chi connectivity index (χ2v) is 5.11. The first-order valence-corrected chi connectivity index (χ1v) is 6.87. The van der Waals surface area contributed by atoms with Crippen LogP contribution in [0.4, 0.5) is 0 Å². The fraction of sp³-hybridized carbons (Fsp3) is 0.571. The van der Waals surface area contributed by atoms with E-state index < -0.39 is 0 Å². The first-order valence-electron chi connectivity index (χ1n) is 6.50. The molecule has 2 atom stereocenters. The summed E-state index contributed by atoms with van der Waals surface area (Å²) in [6.45, 7) is 2.46. The van der Waals surface area contributed by atoms with Crippen molar-refractivity contribution in [1.82, 2.24) is 5.32 Å². The molecule has 0 saturated carbocycles. The number of hydrogen-bond donors (Lipinski definition) is 2. The van der Waals surface area contributed by atoms with Crippen molar-refractivity contribution in [1.29, 1.82) is 0 Å². The number of benzene rings is 1. The largest absolute Gasteiger partial charge is 0.394 e. The van der Waals surface area contributed by atoms with Crippen LogP contribution in [0.2, 0.25) is 5.02 Å². The van der Waals surface area contributed by atoms with Gasteiger partial charge in [-0.25, -0.2) is 0 Å². The molecule has 1 aromatic carbocycles. The van der Waals surface area contributed by atoms with Crippen molar-refractivity contribution < 1.29 is 9.84 Å². The average molecular weight is 270 g/mol. The molecule has 18 heavy (non-hydrogen) atoms. The van der Waals surface area contributed by atoms with E-state index in [0.29, 0.717) is 12.5 Å². The molecule has 0 radical (unpaired) electrons. The van der Waals surface area contributed by atoms with Gasteiger partial charge in [0.05, 0.1) is 19.3 Å². The quantitative estimate of drug-likeness (QED) is 0.862. The van der Waals surface area contributed by atoms with Gasteiger partial charge in [-0.3, -0.25) is 0 Å². The molecule has 1 saturated heterocycles. The van der Waals surface area contributed by atoms with Gasteiger partial charge in [-0.15, -0.1) is 0 Å². The third-order valence-electron chi connectivity index (χ3n) is 3.33. The standard InChI is InChI=1S/C14H20ClNO2/c15-13-5-1-3-11(9-13)14(18-8-7-17)12-4-2-6-16-10-12/h1,3,5,9,12,14,16-17H,2,4,6-8,10H2. The van der Waals surface area contributed by atoms with Crippen molar-refractivity contribution in [3.05, 3.63) is 34.9 Å². The molecule has 3 nitrogen and oxygen atoms in total. The van der Waals surface area contributed by atoms with Gasteiger partial charge in [0.1, 0.15) is 0 Å². The predicted octanol–water partition coefficient (Wildman–Crippen LogP) is 2.39. The molecule has 2 unspecified atom stereocenters. The Morgan fingerprint density at radius 2 is 2.39 bits per heavy atom. The molecule has 2 N–H and O–H groups in total. The molecule has 0 bridgehead atoms. The monoisotopic (exact) mass is 269 g/mol. The molecule has 4 heteroatoms. The Labute approximate surface area is 113 Å². The minimum atomic E-state index is 0.0173. The lowest BCUT2D eigenvalue weighted by atomic mass is 9.89. The summed E-state index contributed by atoms with van der Waals surface area (Å²) in [6, 6.07) is 7.82. The van der Waals surface area contributed by atoms with Crippen LogP contribution in [0, 0.1) is 5.92 Å². The van der Waals surface area contributed by atoms with Gasteiger partial charge >= 0.3 is 0 Å². The van der Waals surface area contributed by atoms with Crippen molar-refractivity contribution >= 4 is 11.6 Å². The second-order valence-electron chi connectivity index (χ2n) is 4.68. The first-order chi connectivity index (χ1) is 8.81. The van der Waals surface area contributed by atoms with E-state index in [0.717, 1.165) is 30.1 Å². The second kappa shape index (κ2) is 7.10. The molecule has 0 amide bonds. The van der Waals surface area contributed by atoms with Crippen molar-refractivity contribution in [3.63, 3.8) is 0 Å². The number of ether oxygens (including phenoxy) is 1. The van der Waals surface area contributed by atoms with Crippen LogP contribution in [-0.2, 0) is 4.74 Å². The number of halogens is 1. The Hall–Kier alpha value is -0.610. The van der Waals surface area contributed by atoms with Crippen molar-refractivity contribution in [2.75, 3.05) is 26.3 Å². The van der Waals surface area contributed by atoms with Crippen LogP contribution < -0.4 is 5.32 Å². The maximum absolute atomic E-state index is 8.95. The zero-order valence-corrected chi connectivity index (χ0v) is 11.2. The smallest absolute Gasteiger partial charge is 0.0866 e. The summed E-state index contributed by atoms with van der Waals surface area (Å²) < 4.78 is 5.82. The Morgan fingerprint density at radius 3 is 3.06 bits per heavy atom. The van der Waals surface area contributed by atoms with Crippen LogP contribution in [-0.4, -0.2) is 31.4 Å². The lowest BCUT2D eigenvalue weighted by Gasteiger charge is -2.31. The molecule has 1 fully saturated rings. The number of rotatable bonds is 5. The van der Waals surface area contributed by atoms with Crippen LogP contribution in [0.15, 0.2) is 24.3 Å². The highest BCUT2D eigenvalue weighted by Crippen LogP contribution is 2.31. The van der Waals surface area contributed by atoms with Gasteiger partial charge in [0, 0.05) is 17.5 Å². The van der Waals surface area contributed by atoms with E-state index >= 15 is 0 Å². The summed E-state index contributed by atoms with van der Waals surface area (Å²) in [7, 11) is 0. The van der Waals surface area contributed by atoms with E-state index in [1.54, 1.807) is 0 Å². The van der Waals surface area contributed by atoms with Crippen LogP contribution in [0.25, 0.3) is 0 Å². The molecular weight excluding hydrogens is 250 g/mol. The fourth-order valence-electron chi connectivity index (χ4n) is 2.50. The summed E-state index contributed by atoms with van der Waals surface area (Å²) in [6.07, 6.45) is 2.34. The van der Waals surface area contributed by atoms with Crippen molar-refractivity contribution in [3.8, 4) is 0 Å². The van der Waals surface area contributed by atoms with Crippen LogP contribution in [0.5, 0.6) is 0 Å². The molecule has 2 rings (SSSR count). The maximum atomic E-state index is 8.95. The number of aliphatic hydroxyl groups excluding tert-OH is 1. The predicted molar refractivity (Wildman–Crippen MR) is 72.8 cm³/mol. The van der Waals surface area contributed by atoms with Gasteiger partial charge in [-0.1, -0.05) is 23.7 Å². The van der Waals surface area contributed by atoms with Crippen LogP contribution in [0.3, 0.4) is 0 Å². The topological polar surface area (TPSA) is 41.5 Å². The van der Waals surface area contributed by atoms with Crippen LogP contribution in [0.1, 0.15) is 24.5 Å². The molecule has 1 aromatic rings. The third-order valence-corrected chi connectivity index (χ3v) is 3.56. The number of piperidine rings is 1. The molecular formula is C14H20ClNO2. The van der Waals surface area contributed by atoms with Gasteiger partial charge in [-0.2, -0.15) is 0 Å². The van der Waals surface area contributed by atoms with Crippen LogP contribution >= 0.6 is 11.6 Å². The zero-order chi connectivity index (χ0) is 12.8. The molecule has 1 heterocycles. The average Bonchev–Trinajstić information content (AvgIpc) is 2.40. The van der Waals surface area contributed by atoms with Crippen molar-refractivity contribution in [2.24, 2.45) is 5.92 Å². The normalized spacial score (nSPS) is 21.8. The Balaban J connectivity index is 2.12. The number of hydrogen-bond acceptors (Lipinski definition) is 3. The summed E-state index contributed by atoms with van der Waals surface area (Å²) >= 11 is 6.04. The number of aliphatic hydroxyl groups is 1. The fourth-order valence-corrected chi connectivity index (χ4v) is 2.70. The minimum Gasteiger partial charge on any atom is -0.394 e. The van der Waals surface area contributed by atoms with E-state index in [1.165, 1.54) is 6.42 Å². The Bertz CT molecular complexity index is 367. The van der Waals surface area contributed by atoms with Gasteiger partial charge in [0.15, 0.2) is 0 Å². The first kappa shape index (κ1) is 13.8. The summed E-state index contributed by atoms with van der Waals surface area (Å²) in [5, 5.41) is 13.1. The van der Waals surface area contributed by atoms with E-state index in [9.17, 15) is 0 Å². The van der Waals surface area contributed by atoms with E-state index in [4.69, 9.17) is 21.4 Å². The molecule has 100 valence electrons. The minimum absolute atomic E-state index is 0.0173. The summed E-state index contributed by atoms with van der Waals surface area (Å²) in [5.74, 6) is 0.448. The maximum Gasteiger partial charge on any atom is 0.0866 e. The summed E-state index contributed by atoms with van der Waals surface area (Å²) in [4.78, 5) is 0. The van der Waals surface area contributed by atoms with Gasteiger partial charge < -0.3 is 15.2 Å². The third kappa shape index (κ3) is 3.69. The molecule has 0 aromatic heterocycles. The summed E-state index contributed by atoms with van der Waals surface area (Å²) in [5.41, 5.74) is 1.10. The molecule has 1 aliphatic rings. The van der Waals surface area contributed by atoms with Gasteiger partial charge in [-0.05, 0) is 37.1 Å². The molecule has 0 spiro atoms. The van der Waals surface area contributed by atoms with Crippen molar-refractivity contribution in [2.45, 2.75) is 18.9 Å². The molecule has 1 aliphatic heterocycles. The van der Waals surface area contributed by atoms with E-state index in [-0.39, 0.29) is 12.7 Å². The highest BCUT2D eigenvalue weighted by Gasteiger charge is 2.25. The lowest BCUT2D eigenvalue weighted by molar-refractivity contribution is -0.0133. The lowest BCUT2D eigenvalue weighted by Crippen LogP contribution is -2.34. The SMILES string of the molecule is OCCOC(c1cccc(Cl)c1)C1CCCNC1. The Morgan fingerprint density at radius 1 is 1.50 bits per heavy atom. The highest BCUT2D eigenvalue weighted by atomic mass is 35.5. The van der Waals surface area contributed by atoms with E-state index in [2.05, 4.69) is 5.32 Å².